The van der Waals surface area contributed by atoms with E-state index in [1.807, 2.05) is 91.9 Å². The highest BCUT2D eigenvalue weighted by Crippen LogP contribution is 2.48. The lowest BCUT2D eigenvalue weighted by Gasteiger charge is -2.14. The Bertz CT molecular complexity index is 1610. The first-order valence-corrected chi connectivity index (χ1v) is 12.5. The SMILES string of the molecule is CC(OC(=O)Nc1c(-c2ccc(-c3ccc(C4(C(=O)O)CC4)cc3)cc2)oc2[nH]ccc12)c1ccccc1. The Labute approximate surface area is 219 Å². The van der Waals surface area contributed by atoms with E-state index in [0.717, 1.165) is 33.2 Å². The Morgan fingerprint density at radius 2 is 1.55 bits per heavy atom. The standard InChI is InChI=1S/C31H26N2O5/c1-19(20-5-3-2-4-6-20)37-30(36)33-26-25-15-18-32-28(25)38-27(26)23-9-7-21(8-10-23)22-11-13-24(14-12-22)31(16-17-31)29(34)35/h2-15,18-19,32H,16-17H2,1H3,(H,33,36)(H,34,35). The molecule has 190 valence electrons. The van der Waals surface area contributed by atoms with Crippen LogP contribution in [0.3, 0.4) is 0 Å². The van der Waals surface area contributed by atoms with E-state index in [9.17, 15) is 14.7 Å². The quantitative estimate of drug-likeness (QED) is 0.212. The van der Waals surface area contributed by atoms with Gasteiger partial charge in [-0.25, -0.2) is 4.79 Å². The summed E-state index contributed by atoms with van der Waals surface area (Å²) in [5.74, 6) is -0.234. The van der Waals surface area contributed by atoms with E-state index in [0.29, 0.717) is 30.0 Å². The number of aromatic amines is 1. The molecule has 2 aromatic heterocycles. The summed E-state index contributed by atoms with van der Waals surface area (Å²) in [6, 6.07) is 27.0. The number of hydrogen-bond acceptors (Lipinski definition) is 4. The molecular formula is C31H26N2O5. The number of hydrogen-bond donors (Lipinski definition) is 3. The minimum Gasteiger partial charge on any atom is -0.481 e. The van der Waals surface area contributed by atoms with E-state index in [2.05, 4.69) is 10.3 Å². The molecule has 1 aliphatic carbocycles. The molecule has 5 aromatic rings. The third kappa shape index (κ3) is 4.22. The van der Waals surface area contributed by atoms with Crippen molar-refractivity contribution in [2.24, 2.45) is 0 Å². The number of carboxylic acid groups (broad SMARTS) is 1. The molecule has 1 saturated carbocycles. The zero-order valence-electron chi connectivity index (χ0n) is 20.7. The molecule has 2 heterocycles. The lowest BCUT2D eigenvalue weighted by molar-refractivity contribution is -0.140. The van der Waals surface area contributed by atoms with Crippen molar-refractivity contribution in [1.29, 1.82) is 0 Å². The summed E-state index contributed by atoms with van der Waals surface area (Å²) < 4.78 is 11.7. The van der Waals surface area contributed by atoms with Crippen LogP contribution in [-0.2, 0) is 14.9 Å². The fraction of sp³-hybridized carbons (Fsp3) is 0.161. The third-order valence-corrected chi connectivity index (χ3v) is 7.27. The van der Waals surface area contributed by atoms with Gasteiger partial charge < -0.3 is 19.2 Å². The van der Waals surface area contributed by atoms with E-state index in [1.165, 1.54) is 0 Å². The number of carbonyl (C=O) groups excluding carboxylic acids is 1. The van der Waals surface area contributed by atoms with Crippen molar-refractivity contribution in [1.82, 2.24) is 4.98 Å². The predicted molar refractivity (Wildman–Crippen MR) is 145 cm³/mol. The van der Waals surface area contributed by atoms with E-state index in [4.69, 9.17) is 9.15 Å². The molecule has 0 bridgehead atoms. The molecule has 38 heavy (non-hydrogen) atoms. The van der Waals surface area contributed by atoms with Crippen molar-refractivity contribution in [3.63, 3.8) is 0 Å². The number of fused-ring (bicyclic) bond motifs is 1. The number of rotatable bonds is 7. The second kappa shape index (κ2) is 9.27. The molecule has 7 heteroatoms. The summed E-state index contributed by atoms with van der Waals surface area (Å²) in [7, 11) is 0. The summed E-state index contributed by atoms with van der Waals surface area (Å²) in [6.45, 7) is 1.83. The minimum atomic E-state index is -0.757. The van der Waals surface area contributed by atoms with Crippen molar-refractivity contribution >= 4 is 28.8 Å². The number of ether oxygens (including phenoxy) is 1. The molecule has 1 fully saturated rings. The molecule has 3 aromatic carbocycles. The van der Waals surface area contributed by atoms with Crippen molar-refractivity contribution in [2.45, 2.75) is 31.3 Å². The summed E-state index contributed by atoms with van der Waals surface area (Å²) in [5, 5.41) is 13.2. The first kappa shape index (κ1) is 23.6. The molecule has 1 amide bonds. The molecule has 6 rings (SSSR count). The number of carbonyl (C=O) groups is 2. The van der Waals surface area contributed by atoms with Crippen LogP contribution in [0, 0.1) is 0 Å². The fourth-order valence-corrected chi connectivity index (χ4v) is 4.87. The van der Waals surface area contributed by atoms with Gasteiger partial charge >= 0.3 is 12.1 Å². The maximum absolute atomic E-state index is 12.8. The van der Waals surface area contributed by atoms with Crippen LogP contribution in [0.1, 0.15) is 37.0 Å². The monoisotopic (exact) mass is 506 g/mol. The van der Waals surface area contributed by atoms with Crippen LogP contribution in [0.4, 0.5) is 10.5 Å². The van der Waals surface area contributed by atoms with Gasteiger partial charge in [0.25, 0.3) is 0 Å². The molecular weight excluding hydrogens is 480 g/mol. The van der Waals surface area contributed by atoms with E-state index < -0.39 is 23.6 Å². The normalized spacial score (nSPS) is 14.7. The number of anilines is 1. The summed E-state index contributed by atoms with van der Waals surface area (Å²) >= 11 is 0. The Morgan fingerprint density at radius 1 is 0.921 bits per heavy atom. The summed E-state index contributed by atoms with van der Waals surface area (Å²) in [4.78, 5) is 27.5. The van der Waals surface area contributed by atoms with Crippen LogP contribution < -0.4 is 5.32 Å². The van der Waals surface area contributed by atoms with E-state index >= 15 is 0 Å². The number of furan rings is 1. The Kier molecular flexibility index (Phi) is 5.76. The van der Waals surface area contributed by atoms with Crippen molar-refractivity contribution in [3.8, 4) is 22.5 Å². The fourth-order valence-electron chi connectivity index (χ4n) is 4.87. The molecule has 0 spiro atoms. The lowest BCUT2D eigenvalue weighted by atomic mass is 9.93. The Balaban J connectivity index is 1.23. The van der Waals surface area contributed by atoms with Crippen LogP contribution in [0.15, 0.2) is 95.5 Å². The average Bonchev–Trinajstić information content (AvgIpc) is 3.52. The molecule has 1 atom stereocenters. The summed E-state index contributed by atoms with van der Waals surface area (Å²) in [5.41, 5.74) is 4.90. The number of benzene rings is 3. The Hall–Kier alpha value is -4.78. The highest BCUT2D eigenvalue weighted by molar-refractivity contribution is 6.04. The molecule has 3 N–H and O–H groups in total. The summed E-state index contributed by atoms with van der Waals surface area (Å²) in [6.07, 6.45) is 2.14. The van der Waals surface area contributed by atoms with Gasteiger partial charge in [0, 0.05) is 11.8 Å². The predicted octanol–water partition coefficient (Wildman–Crippen LogP) is 7.52. The zero-order valence-corrected chi connectivity index (χ0v) is 20.7. The topological polar surface area (TPSA) is 105 Å². The van der Waals surface area contributed by atoms with Gasteiger partial charge in [0.1, 0.15) is 11.8 Å². The molecule has 1 aliphatic rings. The number of H-pyrrole nitrogens is 1. The van der Waals surface area contributed by atoms with E-state index in [1.54, 1.807) is 6.20 Å². The van der Waals surface area contributed by atoms with Crippen LogP contribution in [-0.4, -0.2) is 22.2 Å². The van der Waals surface area contributed by atoms with Crippen LogP contribution in [0.2, 0.25) is 0 Å². The third-order valence-electron chi connectivity index (χ3n) is 7.27. The lowest BCUT2D eigenvalue weighted by Crippen LogP contribution is -2.19. The second-order valence-electron chi connectivity index (χ2n) is 9.65. The molecule has 0 aliphatic heterocycles. The minimum absolute atomic E-state index is 0.413. The number of aromatic nitrogens is 1. The highest BCUT2D eigenvalue weighted by Gasteiger charge is 2.51. The van der Waals surface area contributed by atoms with Crippen molar-refractivity contribution in [3.05, 3.63) is 102 Å². The van der Waals surface area contributed by atoms with Crippen molar-refractivity contribution in [2.75, 3.05) is 5.32 Å². The number of carboxylic acids is 1. The number of amides is 1. The molecule has 0 radical (unpaired) electrons. The highest BCUT2D eigenvalue weighted by atomic mass is 16.6. The van der Waals surface area contributed by atoms with Gasteiger partial charge in [0.2, 0.25) is 5.71 Å². The maximum Gasteiger partial charge on any atom is 0.412 e. The van der Waals surface area contributed by atoms with Gasteiger partial charge in [0.15, 0.2) is 5.76 Å². The average molecular weight is 507 g/mol. The zero-order chi connectivity index (χ0) is 26.3. The van der Waals surface area contributed by atoms with Gasteiger partial charge in [-0.2, -0.15) is 0 Å². The van der Waals surface area contributed by atoms with Crippen LogP contribution in [0.25, 0.3) is 33.6 Å². The van der Waals surface area contributed by atoms with E-state index in [-0.39, 0.29) is 0 Å². The smallest absolute Gasteiger partial charge is 0.412 e. The number of nitrogens with one attached hydrogen (secondary N) is 2. The largest absolute Gasteiger partial charge is 0.481 e. The van der Waals surface area contributed by atoms with Gasteiger partial charge in [-0.15, -0.1) is 0 Å². The maximum atomic E-state index is 12.8. The van der Waals surface area contributed by atoms with Crippen LogP contribution >= 0.6 is 0 Å². The van der Waals surface area contributed by atoms with Crippen molar-refractivity contribution < 1.29 is 23.8 Å². The molecule has 7 nitrogen and oxygen atoms in total. The van der Waals surface area contributed by atoms with Crippen LogP contribution in [0.5, 0.6) is 0 Å². The first-order valence-electron chi connectivity index (χ1n) is 12.5. The van der Waals surface area contributed by atoms with Gasteiger partial charge in [0.05, 0.1) is 10.8 Å². The Morgan fingerprint density at radius 3 is 2.18 bits per heavy atom. The van der Waals surface area contributed by atoms with Gasteiger partial charge in [-0.3, -0.25) is 10.1 Å². The molecule has 1 unspecified atom stereocenters. The van der Waals surface area contributed by atoms with Gasteiger partial charge in [-0.1, -0.05) is 78.9 Å². The first-order chi connectivity index (χ1) is 18.4. The number of aliphatic carboxylic acids is 1. The molecule has 0 saturated heterocycles. The van der Waals surface area contributed by atoms with Gasteiger partial charge in [-0.05, 0) is 48.1 Å². The second-order valence-corrected chi connectivity index (χ2v) is 9.65.